The van der Waals surface area contributed by atoms with Crippen LogP contribution in [0.4, 0.5) is 4.79 Å². The standard InChI is InChI=1S/C11H21NO4S/c1-5-6-12(8(7-17)9(13)14)10(15)16-11(2,3)4/h8,17H,5-7H2,1-4H3,(H,13,14)/t8-/m1/s1. The number of thiol groups is 1. The largest absolute Gasteiger partial charge is 0.480 e. The van der Waals surface area contributed by atoms with Crippen LogP contribution in [0.5, 0.6) is 0 Å². The summed E-state index contributed by atoms with van der Waals surface area (Å²) in [5.41, 5.74) is -0.636. The lowest BCUT2D eigenvalue weighted by molar-refractivity contribution is -0.142. The van der Waals surface area contributed by atoms with Gasteiger partial charge in [-0.1, -0.05) is 6.92 Å². The number of carboxylic acid groups (broad SMARTS) is 1. The first-order valence-corrected chi connectivity index (χ1v) is 6.19. The molecule has 1 N–H and O–H groups in total. The molecule has 17 heavy (non-hydrogen) atoms. The summed E-state index contributed by atoms with van der Waals surface area (Å²) in [6.07, 6.45) is 0.0531. The highest BCUT2D eigenvalue weighted by Gasteiger charge is 2.31. The van der Waals surface area contributed by atoms with Gasteiger partial charge >= 0.3 is 12.1 Å². The van der Waals surface area contributed by atoms with Crippen LogP contribution in [-0.2, 0) is 9.53 Å². The number of nitrogens with zero attached hydrogens (tertiary/aromatic N) is 1. The second-order valence-corrected chi connectivity index (χ2v) is 5.08. The minimum absolute atomic E-state index is 0.0641. The van der Waals surface area contributed by atoms with Crippen LogP contribution in [-0.4, -0.2) is 46.0 Å². The van der Waals surface area contributed by atoms with Gasteiger partial charge in [0.2, 0.25) is 0 Å². The molecule has 0 aromatic carbocycles. The topological polar surface area (TPSA) is 66.8 Å². The third-order valence-electron chi connectivity index (χ3n) is 1.93. The van der Waals surface area contributed by atoms with Crippen molar-refractivity contribution in [3.05, 3.63) is 0 Å². The zero-order valence-corrected chi connectivity index (χ0v) is 11.7. The zero-order chi connectivity index (χ0) is 13.6. The maximum atomic E-state index is 11.9. The molecule has 0 unspecified atom stereocenters. The Kier molecular flexibility index (Phi) is 6.37. The maximum absolute atomic E-state index is 11.9. The Morgan fingerprint density at radius 2 is 1.94 bits per heavy atom. The van der Waals surface area contributed by atoms with Gasteiger partial charge in [0.05, 0.1) is 0 Å². The van der Waals surface area contributed by atoms with Gasteiger partial charge in [0.15, 0.2) is 0 Å². The summed E-state index contributed by atoms with van der Waals surface area (Å²) in [7, 11) is 0. The summed E-state index contributed by atoms with van der Waals surface area (Å²) in [6, 6.07) is -0.951. The smallest absolute Gasteiger partial charge is 0.411 e. The first-order valence-electron chi connectivity index (χ1n) is 5.56. The van der Waals surface area contributed by atoms with E-state index in [1.807, 2.05) is 6.92 Å². The number of hydrogen-bond acceptors (Lipinski definition) is 4. The number of carbonyl (C=O) groups excluding carboxylic acids is 1. The fraction of sp³-hybridized carbons (Fsp3) is 0.818. The van der Waals surface area contributed by atoms with E-state index in [-0.39, 0.29) is 5.75 Å². The number of rotatable bonds is 5. The van der Waals surface area contributed by atoms with E-state index >= 15 is 0 Å². The summed E-state index contributed by atoms with van der Waals surface area (Å²) < 4.78 is 5.18. The highest BCUT2D eigenvalue weighted by atomic mass is 32.1. The predicted molar refractivity (Wildman–Crippen MR) is 68.5 cm³/mol. The van der Waals surface area contributed by atoms with E-state index in [0.717, 1.165) is 0 Å². The third kappa shape index (κ3) is 5.81. The molecule has 0 heterocycles. The summed E-state index contributed by atoms with van der Waals surface area (Å²) >= 11 is 3.96. The maximum Gasteiger partial charge on any atom is 0.411 e. The van der Waals surface area contributed by atoms with Crippen LogP contribution in [0.25, 0.3) is 0 Å². The highest BCUT2D eigenvalue weighted by molar-refractivity contribution is 7.80. The van der Waals surface area contributed by atoms with Crippen molar-refractivity contribution in [3.63, 3.8) is 0 Å². The number of ether oxygens (including phenoxy) is 1. The van der Waals surface area contributed by atoms with E-state index in [1.54, 1.807) is 20.8 Å². The number of aliphatic carboxylic acids is 1. The molecule has 0 fully saturated rings. The SMILES string of the molecule is CCCN(C(=O)OC(C)(C)C)[C@H](CS)C(=O)O. The first kappa shape index (κ1) is 16.1. The summed E-state index contributed by atoms with van der Waals surface area (Å²) in [6.45, 7) is 7.43. The fourth-order valence-electron chi connectivity index (χ4n) is 1.25. The lowest BCUT2D eigenvalue weighted by Gasteiger charge is -2.30. The lowest BCUT2D eigenvalue weighted by Crippen LogP contribution is -2.48. The molecule has 0 aliphatic heterocycles. The van der Waals surface area contributed by atoms with Crippen molar-refractivity contribution in [2.45, 2.75) is 45.8 Å². The fourth-order valence-corrected chi connectivity index (χ4v) is 1.60. The highest BCUT2D eigenvalue weighted by Crippen LogP contribution is 2.13. The Bertz CT molecular complexity index is 275. The lowest BCUT2D eigenvalue weighted by atomic mass is 10.2. The van der Waals surface area contributed by atoms with Gasteiger partial charge in [0, 0.05) is 12.3 Å². The number of amides is 1. The van der Waals surface area contributed by atoms with Crippen LogP contribution in [0.15, 0.2) is 0 Å². The van der Waals surface area contributed by atoms with Crippen LogP contribution in [0.3, 0.4) is 0 Å². The molecule has 0 bridgehead atoms. The normalized spacial score (nSPS) is 13.0. The van der Waals surface area contributed by atoms with Crippen LogP contribution in [0, 0.1) is 0 Å². The Hall–Kier alpha value is -0.910. The van der Waals surface area contributed by atoms with Crippen molar-refractivity contribution >= 4 is 24.7 Å². The van der Waals surface area contributed by atoms with Gasteiger partial charge in [-0.3, -0.25) is 4.90 Å². The van der Waals surface area contributed by atoms with Crippen molar-refractivity contribution in [3.8, 4) is 0 Å². The quantitative estimate of drug-likeness (QED) is 0.745. The molecule has 0 aliphatic carbocycles. The molecular weight excluding hydrogens is 242 g/mol. The molecular formula is C11H21NO4S. The minimum Gasteiger partial charge on any atom is -0.480 e. The average Bonchev–Trinajstić information content (AvgIpc) is 2.14. The van der Waals surface area contributed by atoms with Gasteiger partial charge in [-0.05, 0) is 27.2 Å². The molecule has 0 rings (SSSR count). The molecule has 0 saturated heterocycles. The zero-order valence-electron chi connectivity index (χ0n) is 10.8. The predicted octanol–water partition coefficient (Wildman–Crippen LogP) is 2.02. The molecule has 0 aliphatic rings. The van der Waals surface area contributed by atoms with Gasteiger partial charge in [-0.15, -0.1) is 0 Å². The second kappa shape index (κ2) is 6.74. The van der Waals surface area contributed by atoms with Crippen LogP contribution >= 0.6 is 12.6 Å². The van der Waals surface area contributed by atoms with Crippen molar-refractivity contribution < 1.29 is 19.4 Å². The van der Waals surface area contributed by atoms with Crippen molar-refractivity contribution in [1.29, 1.82) is 0 Å². The van der Waals surface area contributed by atoms with E-state index in [0.29, 0.717) is 13.0 Å². The first-order chi connectivity index (χ1) is 7.72. The van der Waals surface area contributed by atoms with Gasteiger partial charge < -0.3 is 9.84 Å². The Morgan fingerprint density at radius 3 is 2.24 bits per heavy atom. The molecule has 0 radical (unpaired) electrons. The molecule has 0 saturated carbocycles. The van der Waals surface area contributed by atoms with E-state index in [4.69, 9.17) is 9.84 Å². The monoisotopic (exact) mass is 263 g/mol. The van der Waals surface area contributed by atoms with Crippen molar-refractivity contribution in [2.75, 3.05) is 12.3 Å². The summed E-state index contributed by atoms with van der Waals surface area (Å²) in [4.78, 5) is 24.1. The molecule has 5 nitrogen and oxygen atoms in total. The van der Waals surface area contributed by atoms with E-state index in [9.17, 15) is 9.59 Å². The molecule has 0 aromatic rings. The van der Waals surface area contributed by atoms with Gasteiger partial charge in [0.25, 0.3) is 0 Å². The number of hydrogen-bond donors (Lipinski definition) is 2. The minimum atomic E-state index is -1.07. The number of carboxylic acids is 1. The third-order valence-corrected chi connectivity index (χ3v) is 2.27. The van der Waals surface area contributed by atoms with Crippen LogP contribution in [0.1, 0.15) is 34.1 Å². The van der Waals surface area contributed by atoms with Gasteiger partial charge in [0.1, 0.15) is 11.6 Å². The Morgan fingerprint density at radius 1 is 1.41 bits per heavy atom. The summed E-state index contributed by atoms with van der Waals surface area (Å²) in [5.74, 6) is -1.01. The molecule has 1 atom stereocenters. The van der Waals surface area contributed by atoms with Crippen LogP contribution in [0.2, 0.25) is 0 Å². The number of carbonyl (C=O) groups is 2. The van der Waals surface area contributed by atoms with Crippen LogP contribution < -0.4 is 0 Å². The molecule has 0 aromatic heterocycles. The Balaban J connectivity index is 4.82. The molecule has 0 spiro atoms. The van der Waals surface area contributed by atoms with Gasteiger partial charge in [-0.25, -0.2) is 9.59 Å². The molecule has 100 valence electrons. The van der Waals surface area contributed by atoms with Crippen molar-refractivity contribution in [2.24, 2.45) is 0 Å². The summed E-state index contributed by atoms with van der Waals surface area (Å²) in [5, 5.41) is 9.02. The van der Waals surface area contributed by atoms with E-state index < -0.39 is 23.7 Å². The average molecular weight is 263 g/mol. The van der Waals surface area contributed by atoms with Crippen molar-refractivity contribution in [1.82, 2.24) is 4.90 Å². The molecule has 6 heteroatoms. The Labute approximate surface area is 108 Å². The van der Waals surface area contributed by atoms with E-state index in [2.05, 4.69) is 12.6 Å². The van der Waals surface area contributed by atoms with Gasteiger partial charge in [-0.2, -0.15) is 12.6 Å². The van der Waals surface area contributed by atoms with E-state index in [1.165, 1.54) is 4.90 Å². The molecule has 1 amide bonds. The second-order valence-electron chi connectivity index (χ2n) is 4.71.